The van der Waals surface area contributed by atoms with Crippen LogP contribution in [0.4, 0.5) is 0 Å². The second-order valence-corrected chi connectivity index (χ2v) is 6.55. The summed E-state index contributed by atoms with van der Waals surface area (Å²) in [6, 6.07) is 16.4. The fraction of sp³-hybridized carbons (Fsp3) is 0.238. The highest BCUT2D eigenvalue weighted by atomic mass is 16.5. The van der Waals surface area contributed by atoms with Crippen molar-refractivity contribution in [2.75, 3.05) is 20.2 Å². The highest BCUT2D eigenvalue weighted by Gasteiger charge is 2.27. The molecular weight excluding hydrogens is 312 g/mol. The van der Waals surface area contributed by atoms with Gasteiger partial charge in [0.1, 0.15) is 5.75 Å². The third-order valence-corrected chi connectivity index (χ3v) is 4.77. The maximum absolute atomic E-state index is 11.7. The van der Waals surface area contributed by atoms with Gasteiger partial charge < -0.3 is 9.64 Å². The summed E-state index contributed by atoms with van der Waals surface area (Å²) in [6.45, 7) is 1.33. The summed E-state index contributed by atoms with van der Waals surface area (Å²) in [5, 5.41) is 2.25. The maximum atomic E-state index is 11.7. The van der Waals surface area contributed by atoms with Crippen molar-refractivity contribution >= 4 is 16.7 Å². The number of likely N-dealkylation sites (tertiary alicyclic amines) is 1. The van der Waals surface area contributed by atoms with E-state index >= 15 is 0 Å². The van der Waals surface area contributed by atoms with Gasteiger partial charge in [0, 0.05) is 43.7 Å². The Balaban J connectivity index is 1.64. The van der Waals surface area contributed by atoms with Gasteiger partial charge in [0.15, 0.2) is 0 Å². The summed E-state index contributed by atoms with van der Waals surface area (Å²) in [5.74, 6) is 1.33. The van der Waals surface area contributed by atoms with Crippen LogP contribution < -0.4 is 4.74 Å². The Bertz CT molecular complexity index is 908. The molecular formula is C21H20N2O2. The van der Waals surface area contributed by atoms with Crippen LogP contribution in [0.15, 0.2) is 60.9 Å². The first-order chi connectivity index (χ1) is 12.2. The number of rotatable bonds is 4. The quantitative estimate of drug-likeness (QED) is 0.730. The topological polar surface area (TPSA) is 42.4 Å². The van der Waals surface area contributed by atoms with Crippen LogP contribution in [0.2, 0.25) is 0 Å². The molecule has 3 aromatic rings. The van der Waals surface area contributed by atoms with Crippen LogP contribution in [0.5, 0.6) is 5.75 Å². The lowest BCUT2D eigenvalue weighted by Crippen LogP contribution is -2.20. The van der Waals surface area contributed by atoms with Gasteiger partial charge in [0.25, 0.3) is 0 Å². The van der Waals surface area contributed by atoms with Crippen molar-refractivity contribution in [3.63, 3.8) is 0 Å². The SMILES string of the molecule is CN1CC(COc2ccc(-c3ccncc3)c3ccccc23)CC1=O. The number of aromatic nitrogens is 1. The molecule has 4 heteroatoms. The molecule has 1 atom stereocenters. The highest BCUT2D eigenvalue weighted by Crippen LogP contribution is 2.34. The fourth-order valence-corrected chi connectivity index (χ4v) is 3.46. The van der Waals surface area contributed by atoms with Crippen LogP contribution in [0, 0.1) is 5.92 Å². The average molecular weight is 332 g/mol. The van der Waals surface area contributed by atoms with Crippen molar-refractivity contribution in [3.8, 4) is 16.9 Å². The minimum Gasteiger partial charge on any atom is -0.493 e. The van der Waals surface area contributed by atoms with Gasteiger partial charge in [0.05, 0.1) is 6.61 Å². The molecule has 0 spiro atoms. The predicted molar refractivity (Wildman–Crippen MR) is 98.4 cm³/mol. The van der Waals surface area contributed by atoms with Crippen molar-refractivity contribution in [2.45, 2.75) is 6.42 Å². The molecule has 25 heavy (non-hydrogen) atoms. The Labute approximate surface area is 147 Å². The molecule has 1 aromatic heterocycles. The van der Waals surface area contributed by atoms with Crippen molar-refractivity contribution in [2.24, 2.45) is 5.92 Å². The molecule has 2 aromatic carbocycles. The van der Waals surface area contributed by atoms with E-state index in [1.165, 1.54) is 5.56 Å². The molecule has 1 unspecified atom stereocenters. The Hall–Kier alpha value is -2.88. The number of hydrogen-bond acceptors (Lipinski definition) is 3. The number of hydrogen-bond donors (Lipinski definition) is 0. The Morgan fingerprint density at radius 3 is 2.56 bits per heavy atom. The lowest BCUT2D eigenvalue weighted by Gasteiger charge is -2.15. The molecule has 0 N–H and O–H groups in total. The lowest BCUT2D eigenvalue weighted by molar-refractivity contribution is -0.126. The molecule has 0 aliphatic carbocycles. The van der Waals surface area contributed by atoms with Gasteiger partial charge >= 0.3 is 0 Å². The minimum atomic E-state index is 0.200. The van der Waals surface area contributed by atoms with Crippen molar-refractivity contribution in [3.05, 3.63) is 60.9 Å². The molecule has 0 saturated carbocycles. The highest BCUT2D eigenvalue weighted by molar-refractivity contribution is 6.00. The largest absolute Gasteiger partial charge is 0.493 e. The summed E-state index contributed by atoms with van der Waals surface area (Å²) in [4.78, 5) is 17.5. The van der Waals surface area contributed by atoms with E-state index in [2.05, 4.69) is 23.2 Å². The molecule has 1 aliphatic heterocycles. The minimum absolute atomic E-state index is 0.200. The van der Waals surface area contributed by atoms with Gasteiger partial charge in [-0.05, 0) is 34.7 Å². The van der Waals surface area contributed by atoms with Crippen molar-refractivity contribution < 1.29 is 9.53 Å². The summed E-state index contributed by atoms with van der Waals surface area (Å²) in [5.41, 5.74) is 2.31. The zero-order chi connectivity index (χ0) is 17.2. The molecule has 126 valence electrons. The van der Waals surface area contributed by atoms with Crippen LogP contribution in [-0.4, -0.2) is 36.0 Å². The third kappa shape index (κ3) is 3.07. The molecule has 1 amide bonds. The summed E-state index contributed by atoms with van der Waals surface area (Å²) in [7, 11) is 1.85. The first-order valence-corrected chi connectivity index (χ1v) is 8.51. The van der Waals surface area contributed by atoms with E-state index in [0.29, 0.717) is 13.0 Å². The van der Waals surface area contributed by atoms with Crippen molar-refractivity contribution in [1.82, 2.24) is 9.88 Å². The predicted octanol–water partition coefficient (Wildman–Crippen LogP) is 3.76. The van der Waals surface area contributed by atoms with Crippen LogP contribution in [0.25, 0.3) is 21.9 Å². The fourth-order valence-electron chi connectivity index (χ4n) is 3.46. The van der Waals surface area contributed by atoms with Gasteiger partial charge in [-0.1, -0.05) is 30.3 Å². The Morgan fingerprint density at radius 2 is 1.84 bits per heavy atom. The molecule has 1 saturated heterocycles. The van der Waals surface area contributed by atoms with Gasteiger partial charge in [-0.15, -0.1) is 0 Å². The Kier molecular flexibility index (Phi) is 4.10. The average Bonchev–Trinajstić information content (AvgIpc) is 2.98. The zero-order valence-corrected chi connectivity index (χ0v) is 14.2. The first-order valence-electron chi connectivity index (χ1n) is 8.51. The lowest BCUT2D eigenvalue weighted by atomic mass is 9.98. The number of nitrogens with zero attached hydrogens (tertiary/aromatic N) is 2. The van der Waals surface area contributed by atoms with Crippen LogP contribution >= 0.6 is 0 Å². The van der Waals surface area contributed by atoms with E-state index in [1.807, 2.05) is 49.8 Å². The normalized spacial score (nSPS) is 17.2. The van der Waals surface area contributed by atoms with Crippen LogP contribution in [0.3, 0.4) is 0 Å². The molecule has 1 fully saturated rings. The number of pyridine rings is 1. The number of amides is 1. The number of fused-ring (bicyclic) bond motifs is 1. The molecule has 4 rings (SSSR count). The van der Waals surface area contributed by atoms with Gasteiger partial charge in [0.2, 0.25) is 5.91 Å². The second kappa shape index (κ2) is 6.55. The van der Waals surface area contributed by atoms with Gasteiger partial charge in [-0.3, -0.25) is 9.78 Å². The number of carbonyl (C=O) groups is 1. The summed E-state index contributed by atoms with van der Waals surface area (Å²) < 4.78 is 6.10. The molecule has 1 aliphatic rings. The maximum Gasteiger partial charge on any atom is 0.222 e. The second-order valence-electron chi connectivity index (χ2n) is 6.55. The van der Waals surface area contributed by atoms with Crippen LogP contribution in [-0.2, 0) is 4.79 Å². The Morgan fingerprint density at radius 1 is 1.08 bits per heavy atom. The monoisotopic (exact) mass is 332 g/mol. The standard InChI is InChI=1S/C21H20N2O2/c1-23-13-15(12-21(23)24)14-25-20-7-6-17(16-8-10-22-11-9-16)18-4-2-3-5-19(18)20/h2-11,15H,12-14H2,1H3. The van der Waals surface area contributed by atoms with Crippen molar-refractivity contribution in [1.29, 1.82) is 0 Å². The van der Waals surface area contributed by atoms with E-state index in [1.54, 1.807) is 4.90 Å². The first kappa shape index (κ1) is 15.6. The summed E-state index contributed by atoms with van der Waals surface area (Å²) >= 11 is 0. The molecule has 2 heterocycles. The van der Waals surface area contributed by atoms with Crippen LogP contribution in [0.1, 0.15) is 6.42 Å². The number of carbonyl (C=O) groups excluding carboxylic acids is 1. The van der Waals surface area contributed by atoms with E-state index in [0.717, 1.165) is 28.6 Å². The molecule has 0 radical (unpaired) electrons. The number of benzene rings is 2. The zero-order valence-electron chi connectivity index (χ0n) is 14.2. The van der Waals surface area contributed by atoms with E-state index in [4.69, 9.17) is 4.74 Å². The van der Waals surface area contributed by atoms with E-state index in [-0.39, 0.29) is 11.8 Å². The van der Waals surface area contributed by atoms with Gasteiger partial charge in [-0.25, -0.2) is 0 Å². The smallest absolute Gasteiger partial charge is 0.222 e. The van der Waals surface area contributed by atoms with Gasteiger partial charge in [-0.2, -0.15) is 0 Å². The molecule has 4 nitrogen and oxygen atoms in total. The third-order valence-electron chi connectivity index (χ3n) is 4.77. The van der Waals surface area contributed by atoms with E-state index < -0.39 is 0 Å². The number of ether oxygens (including phenoxy) is 1. The summed E-state index contributed by atoms with van der Waals surface area (Å²) in [6.07, 6.45) is 4.19. The molecule has 0 bridgehead atoms. The van der Waals surface area contributed by atoms with E-state index in [9.17, 15) is 4.79 Å².